The Kier molecular flexibility index (Phi) is 6.97. The Labute approximate surface area is 191 Å². The number of esters is 2. The van der Waals surface area contributed by atoms with E-state index >= 15 is 0 Å². The van der Waals surface area contributed by atoms with Crippen LogP contribution in [0.5, 0.6) is 0 Å². The molecule has 4 bridgehead atoms. The Morgan fingerprint density at radius 1 is 1.00 bits per heavy atom. The lowest BCUT2D eigenvalue weighted by Crippen LogP contribution is -2.62. The minimum Gasteiger partial charge on any atom is -0.461 e. The third kappa shape index (κ3) is 4.61. The average Bonchev–Trinajstić information content (AvgIpc) is 2.68. The molecule has 0 radical (unpaired) electrons. The van der Waals surface area contributed by atoms with Gasteiger partial charge in [-0.1, -0.05) is 0 Å². The number of aliphatic hydroxyl groups excluding tert-OH is 1. The first-order valence-electron chi connectivity index (χ1n) is 11.0. The summed E-state index contributed by atoms with van der Waals surface area (Å²) in [6.07, 6.45) is -6.88. The third-order valence-corrected chi connectivity index (χ3v) is 7.17. The van der Waals surface area contributed by atoms with E-state index in [2.05, 4.69) is 14.2 Å². The van der Waals surface area contributed by atoms with E-state index in [-0.39, 0.29) is 43.9 Å². The predicted octanol–water partition coefficient (Wildman–Crippen LogP) is 4.24. The molecule has 3 unspecified atom stereocenters. The molecule has 196 valence electrons. The van der Waals surface area contributed by atoms with Crippen molar-refractivity contribution in [3.63, 3.8) is 0 Å². The molecule has 0 saturated heterocycles. The molecule has 3 atom stereocenters. The number of carbonyl (C=O) groups is 2. The summed E-state index contributed by atoms with van der Waals surface area (Å²) < 4.78 is 109. The van der Waals surface area contributed by atoms with Gasteiger partial charge < -0.3 is 19.3 Å². The molecule has 4 saturated carbocycles. The maximum absolute atomic E-state index is 14.1. The predicted molar refractivity (Wildman–Crippen MR) is 99.6 cm³/mol. The quantitative estimate of drug-likeness (QED) is 0.285. The van der Waals surface area contributed by atoms with Gasteiger partial charge >= 0.3 is 35.7 Å². The van der Waals surface area contributed by atoms with Crippen LogP contribution in [-0.2, 0) is 23.8 Å². The van der Waals surface area contributed by atoms with Crippen LogP contribution in [0.3, 0.4) is 0 Å². The topological polar surface area (TPSA) is 82.1 Å². The number of alkyl halides is 7. The monoisotopic (exact) mass is 508 g/mol. The summed E-state index contributed by atoms with van der Waals surface area (Å²) in [5, 5.41) is 10.3. The second-order valence-electron chi connectivity index (χ2n) is 9.66. The molecule has 4 aliphatic rings. The molecule has 1 N–H and O–H groups in total. The highest BCUT2D eigenvalue weighted by molar-refractivity contribution is 5.85. The zero-order chi connectivity index (χ0) is 25.7. The maximum Gasteiger partial charge on any atom is 0.468 e. The van der Waals surface area contributed by atoms with Crippen LogP contribution in [-0.4, -0.2) is 60.2 Å². The highest BCUT2D eigenvalue weighted by Gasteiger charge is 2.70. The highest BCUT2D eigenvalue weighted by atomic mass is 19.4. The fraction of sp³-hybridized carbons (Fsp3) is 0.905. The zero-order valence-corrected chi connectivity index (χ0v) is 18.6. The van der Waals surface area contributed by atoms with Crippen LogP contribution < -0.4 is 0 Å². The number of halogens is 7. The van der Waals surface area contributed by atoms with E-state index in [1.165, 1.54) is 0 Å². The van der Waals surface area contributed by atoms with Crippen molar-refractivity contribution >= 4 is 11.9 Å². The van der Waals surface area contributed by atoms with Crippen molar-refractivity contribution in [1.82, 2.24) is 0 Å². The molecule has 0 aromatic heterocycles. The molecule has 0 spiro atoms. The molecule has 0 heterocycles. The summed E-state index contributed by atoms with van der Waals surface area (Å²) in [5.74, 6) is -18.0. The van der Waals surface area contributed by atoms with Crippen LogP contribution in [0.2, 0.25) is 0 Å². The summed E-state index contributed by atoms with van der Waals surface area (Å²) in [7, 11) is 0. The number of hydrogen-bond donors (Lipinski definition) is 1. The van der Waals surface area contributed by atoms with Gasteiger partial charge in [0.2, 0.25) is 0 Å². The van der Waals surface area contributed by atoms with Gasteiger partial charge in [0.1, 0.15) is 0 Å². The summed E-state index contributed by atoms with van der Waals surface area (Å²) in [4.78, 5) is 25.5. The van der Waals surface area contributed by atoms with Gasteiger partial charge in [-0.2, -0.15) is 22.0 Å². The lowest BCUT2D eigenvalue weighted by Gasteiger charge is -2.57. The maximum atomic E-state index is 14.1. The number of ether oxygens (including phenoxy) is 3. The van der Waals surface area contributed by atoms with E-state index in [9.17, 15) is 45.4 Å². The largest absolute Gasteiger partial charge is 0.468 e. The van der Waals surface area contributed by atoms with E-state index in [1.807, 2.05) is 0 Å². The van der Waals surface area contributed by atoms with Gasteiger partial charge in [-0.25, -0.2) is 13.6 Å². The van der Waals surface area contributed by atoms with Gasteiger partial charge in [0.25, 0.3) is 0 Å². The first-order valence-corrected chi connectivity index (χ1v) is 11.0. The van der Waals surface area contributed by atoms with Gasteiger partial charge in [0.15, 0.2) is 0 Å². The molecular formula is C21H27F7O6. The molecule has 4 aliphatic carbocycles. The van der Waals surface area contributed by atoms with Crippen molar-refractivity contribution in [3.05, 3.63) is 0 Å². The van der Waals surface area contributed by atoms with Crippen LogP contribution in [0.1, 0.15) is 52.4 Å². The highest BCUT2D eigenvalue weighted by Crippen LogP contribution is 2.61. The van der Waals surface area contributed by atoms with E-state index < -0.39 is 66.9 Å². The Bertz CT molecular complexity index is 779. The molecule has 13 heteroatoms. The first kappa shape index (κ1) is 27.0. The lowest BCUT2D eigenvalue weighted by molar-refractivity contribution is -0.362. The molecule has 4 fully saturated rings. The van der Waals surface area contributed by atoms with Crippen molar-refractivity contribution in [3.8, 4) is 0 Å². The third-order valence-electron chi connectivity index (χ3n) is 7.17. The van der Waals surface area contributed by atoms with Crippen LogP contribution in [0.15, 0.2) is 0 Å². The van der Waals surface area contributed by atoms with Crippen LogP contribution in [0, 0.1) is 23.2 Å². The van der Waals surface area contributed by atoms with Gasteiger partial charge in [0, 0.05) is 13.3 Å². The Hall–Kier alpha value is -1.63. The van der Waals surface area contributed by atoms with Crippen LogP contribution >= 0.6 is 0 Å². The SMILES string of the molecule is CCOC(=O)C(OCCC(F)(F)C(C)(F)F)(OC(=O)C12CC3CC(C1)C(O)C(C3)C2)C(F)(F)F. The van der Waals surface area contributed by atoms with Gasteiger partial charge in [-0.15, -0.1) is 0 Å². The van der Waals surface area contributed by atoms with Crippen LogP contribution in [0.25, 0.3) is 0 Å². The molecule has 34 heavy (non-hydrogen) atoms. The second-order valence-corrected chi connectivity index (χ2v) is 9.66. The van der Waals surface area contributed by atoms with Gasteiger partial charge in [0.05, 0.1) is 24.7 Å². The molecule has 0 aromatic carbocycles. The van der Waals surface area contributed by atoms with Crippen molar-refractivity contribution in [2.45, 2.75) is 82.3 Å². The molecule has 6 nitrogen and oxygen atoms in total. The molecular weight excluding hydrogens is 481 g/mol. The minimum atomic E-state index is -5.76. The van der Waals surface area contributed by atoms with E-state index in [0.717, 1.165) is 6.92 Å². The summed E-state index contributed by atoms with van der Waals surface area (Å²) in [6, 6.07) is 0. The molecule has 0 amide bonds. The van der Waals surface area contributed by atoms with Crippen molar-refractivity contribution in [2.24, 2.45) is 23.2 Å². The molecule has 0 aromatic rings. The zero-order valence-electron chi connectivity index (χ0n) is 18.6. The number of carbonyl (C=O) groups excluding carboxylic acids is 2. The normalized spacial score (nSPS) is 32.9. The first-order chi connectivity index (χ1) is 15.5. The van der Waals surface area contributed by atoms with E-state index in [1.54, 1.807) is 0 Å². The Balaban J connectivity index is 1.88. The number of aliphatic hydroxyl groups is 1. The summed E-state index contributed by atoms with van der Waals surface area (Å²) in [5.41, 5.74) is -1.41. The average molecular weight is 508 g/mol. The number of rotatable bonds is 9. The fourth-order valence-electron chi connectivity index (χ4n) is 5.64. The summed E-state index contributed by atoms with van der Waals surface area (Å²) >= 11 is 0. The lowest BCUT2D eigenvalue weighted by atomic mass is 9.48. The summed E-state index contributed by atoms with van der Waals surface area (Å²) in [6.45, 7) is -1.23. The minimum absolute atomic E-state index is 0.0253. The van der Waals surface area contributed by atoms with Crippen molar-refractivity contribution in [1.29, 1.82) is 0 Å². The second kappa shape index (κ2) is 8.79. The smallest absolute Gasteiger partial charge is 0.461 e. The molecule has 0 aliphatic heterocycles. The van der Waals surface area contributed by atoms with Gasteiger partial charge in [-0.05, 0) is 56.8 Å². The Morgan fingerprint density at radius 3 is 2.03 bits per heavy atom. The van der Waals surface area contributed by atoms with Crippen molar-refractivity contribution in [2.75, 3.05) is 13.2 Å². The fourth-order valence-corrected chi connectivity index (χ4v) is 5.64. The van der Waals surface area contributed by atoms with E-state index in [4.69, 9.17) is 0 Å². The van der Waals surface area contributed by atoms with Crippen molar-refractivity contribution < 1.29 is 59.6 Å². The molecule has 4 rings (SSSR count). The standard InChI is InChI=1S/C21H27F7O6/c1-3-32-16(31)20(21(26,27)28,33-5-4-19(24,25)17(2,22)23)34-15(30)18-8-11-6-12(9-18)14(29)13(7-11)10-18/h11-14,29H,3-10H2,1-2H3. The van der Waals surface area contributed by atoms with Crippen LogP contribution in [0.4, 0.5) is 30.7 Å². The number of hydrogen-bond acceptors (Lipinski definition) is 6. The van der Waals surface area contributed by atoms with Gasteiger partial charge in [-0.3, -0.25) is 4.79 Å². The Morgan fingerprint density at radius 2 is 1.56 bits per heavy atom. The van der Waals surface area contributed by atoms with E-state index in [0.29, 0.717) is 12.8 Å².